The van der Waals surface area contributed by atoms with Crippen LogP contribution in [-0.4, -0.2) is 16.5 Å². The van der Waals surface area contributed by atoms with Crippen molar-refractivity contribution in [1.82, 2.24) is 9.97 Å². The Morgan fingerprint density at radius 2 is 2.16 bits per heavy atom. The molecule has 1 heterocycles. The minimum absolute atomic E-state index is 0.371. The van der Waals surface area contributed by atoms with E-state index in [9.17, 15) is 0 Å². The Kier molecular flexibility index (Phi) is 4.48. The molecular formula is C14H13BrN4. The van der Waals surface area contributed by atoms with Gasteiger partial charge in [0.15, 0.2) is 0 Å². The maximum atomic E-state index is 8.76. The van der Waals surface area contributed by atoms with E-state index in [1.807, 2.05) is 12.1 Å². The number of rotatable bonds is 4. The van der Waals surface area contributed by atoms with Crippen LogP contribution in [-0.2, 0) is 6.42 Å². The summed E-state index contributed by atoms with van der Waals surface area (Å²) in [4.78, 5) is 7.91. The number of halogens is 1. The van der Waals surface area contributed by atoms with Crippen LogP contribution in [0.1, 0.15) is 16.8 Å². The summed E-state index contributed by atoms with van der Waals surface area (Å²) < 4.78 is 1.09. The summed E-state index contributed by atoms with van der Waals surface area (Å²) in [5, 5.41) is 12.0. The molecular weight excluding hydrogens is 304 g/mol. The molecule has 0 radical (unpaired) electrons. The molecule has 0 atom stereocenters. The van der Waals surface area contributed by atoms with Crippen molar-refractivity contribution in [2.45, 2.75) is 13.3 Å². The van der Waals surface area contributed by atoms with Gasteiger partial charge in [-0.15, -0.1) is 0 Å². The second-order valence-electron chi connectivity index (χ2n) is 4.15. The van der Waals surface area contributed by atoms with E-state index in [1.165, 1.54) is 17.5 Å². The highest BCUT2D eigenvalue weighted by Crippen LogP contribution is 2.16. The van der Waals surface area contributed by atoms with Gasteiger partial charge in [-0.3, -0.25) is 0 Å². The van der Waals surface area contributed by atoms with E-state index >= 15 is 0 Å². The van der Waals surface area contributed by atoms with Crippen molar-refractivity contribution in [3.05, 3.63) is 51.9 Å². The second kappa shape index (κ2) is 6.30. The van der Waals surface area contributed by atoms with E-state index in [-0.39, 0.29) is 0 Å². The van der Waals surface area contributed by atoms with Crippen molar-refractivity contribution in [1.29, 1.82) is 5.26 Å². The molecule has 2 rings (SSSR count). The van der Waals surface area contributed by atoms with Crippen LogP contribution in [0, 0.1) is 18.3 Å². The molecule has 0 saturated heterocycles. The summed E-state index contributed by atoms with van der Waals surface area (Å²) in [6, 6.07) is 9.90. The van der Waals surface area contributed by atoms with E-state index in [0.29, 0.717) is 11.5 Å². The van der Waals surface area contributed by atoms with Gasteiger partial charge in [0, 0.05) is 17.1 Å². The number of anilines is 1. The molecule has 0 spiro atoms. The highest BCUT2D eigenvalue weighted by atomic mass is 79.9. The Hall–Kier alpha value is -1.93. The third-order valence-corrected chi connectivity index (χ3v) is 3.29. The summed E-state index contributed by atoms with van der Waals surface area (Å²) in [6.45, 7) is 2.86. The number of benzene rings is 1. The van der Waals surface area contributed by atoms with Gasteiger partial charge in [-0.2, -0.15) is 5.26 Å². The molecule has 0 unspecified atom stereocenters. The lowest BCUT2D eigenvalue weighted by molar-refractivity contribution is 0.985. The largest absolute Gasteiger partial charge is 0.370 e. The molecule has 0 aliphatic carbocycles. The van der Waals surface area contributed by atoms with Crippen molar-refractivity contribution in [3.63, 3.8) is 0 Å². The number of hydrogen-bond acceptors (Lipinski definition) is 4. The minimum atomic E-state index is 0.371. The number of aryl methyl sites for hydroxylation is 1. The zero-order chi connectivity index (χ0) is 13.7. The van der Waals surface area contributed by atoms with E-state index in [1.54, 1.807) is 6.07 Å². The highest BCUT2D eigenvalue weighted by Gasteiger charge is 2.01. The van der Waals surface area contributed by atoms with E-state index < -0.39 is 0 Å². The summed E-state index contributed by atoms with van der Waals surface area (Å²) in [6.07, 6.45) is 2.29. The molecule has 0 amide bonds. The van der Waals surface area contributed by atoms with Crippen molar-refractivity contribution >= 4 is 21.7 Å². The fraction of sp³-hybridized carbons (Fsp3) is 0.214. The van der Waals surface area contributed by atoms with Crippen LogP contribution < -0.4 is 5.32 Å². The maximum absolute atomic E-state index is 8.76. The minimum Gasteiger partial charge on any atom is -0.370 e. The Balaban J connectivity index is 1.96. The first-order valence-electron chi connectivity index (χ1n) is 5.90. The lowest BCUT2D eigenvalue weighted by Gasteiger charge is -2.08. The van der Waals surface area contributed by atoms with Crippen molar-refractivity contribution in [3.8, 4) is 6.07 Å². The molecule has 0 aliphatic rings. The van der Waals surface area contributed by atoms with Gasteiger partial charge in [0.25, 0.3) is 0 Å². The SMILES string of the molecule is Cc1ccc(Br)cc1CCNc1cc(C#N)ncn1. The van der Waals surface area contributed by atoms with Gasteiger partial charge in [-0.25, -0.2) is 9.97 Å². The van der Waals surface area contributed by atoms with Crippen molar-refractivity contribution in [2.24, 2.45) is 0 Å². The fourth-order valence-electron chi connectivity index (χ4n) is 1.75. The Labute approximate surface area is 120 Å². The number of nitrogens with zero attached hydrogens (tertiary/aromatic N) is 3. The van der Waals surface area contributed by atoms with Crippen molar-refractivity contribution < 1.29 is 0 Å². The van der Waals surface area contributed by atoms with E-state index in [2.05, 4.69) is 50.3 Å². The van der Waals surface area contributed by atoms with Crippen LogP contribution in [0.4, 0.5) is 5.82 Å². The van der Waals surface area contributed by atoms with E-state index in [0.717, 1.165) is 17.4 Å². The summed E-state index contributed by atoms with van der Waals surface area (Å²) in [7, 11) is 0. The average Bonchev–Trinajstić information content (AvgIpc) is 2.43. The molecule has 2 aromatic rings. The molecule has 1 aromatic heterocycles. The molecule has 96 valence electrons. The Morgan fingerprint density at radius 1 is 1.32 bits per heavy atom. The Morgan fingerprint density at radius 3 is 2.95 bits per heavy atom. The second-order valence-corrected chi connectivity index (χ2v) is 5.06. The molecule has 1 N–H and O–H groups in total. The monoisotopic (exact) mass is 316 g/mol. The zero-order valence-corrected chi connectivity index (χ0v) is 12.1. The van der Waals surface area contributed by atoms with Gasteiger partial charge in [-0.1, -0.05) is 22.0 Å². The first-order valence-corrected chi connectivity index (χ1v) is 6.69. The van der Waals surface area contributed by atoms with Crippen LogP contribution in [0.15, 0.2) is 35.1 Å². The van der Waals surface area contributed by atoms with Crippen LogP contribution in [0.5, 0.6) is 0 Å². The lowest BCUT2D eigenvalue weighted by Crippen LogP contribution is -2.07. The maximum Gasteiger partial charge on any atom is 0.145 e. The van der Waals surface area contributed by atoms with Crippen LogP contribution in [0.3, 0.4) is 0 Å². The molecule has 19 heavy (non-hydrogen) atoms. The van der Waals surface area contributed by atoms with Gasteiger partial charge >= 0.3 is 0 Å². The molecule has 0 saturated carbocycles. The molecule has 5 heteroatoms. The van der Waals surface area contributed by atoms with Gasteiger partial charge in [0.1, 0.15) is 23.9 Å². The number of hydrogen-bond donors (Lipinski definition) is 1. The first kappa shape index (κ1) is 13.5. The molecule has 0 bridgehead atoms. The lowest BCUT2D eigenvalue weighted by atomic mass is 10.1. The first-order chi connectivity index (χ1) is 9.19. The van der Waals surface area contributed by atoms with E-state index in [4.69, 9.17) is 5.26 Å². The Bertz CT molecular complexity index is 619. The molecule has 4 nitrogen and oxygen atoms in total. The summed E-state index contributed by atoms with van der Waals surface area (Å²) in [5.74, 6) is 0.680. The van der Waals surface area contributed by atoms with Gasteiger partial charge in [0.2, 0.25) is 0 Å². The molecule has 0 aliphatic heterocycles. The third kappa shape index (κ3) is 3.76. The smallest absolute Gasteiger partial charge is 0.145 e. The van der Waals surface area contributed by atoms with Crippen LogP contribution in [0.2, 0.25) is 0 Å². The van der Waals surface area contributed by atoms with Crippen LogP contribution in [0.25, 0.3) is 0 Å². The highest BCUT2D eigenvalue weighted by molar-refractivity contribution is 9.10. The van der Waals surface area contributed by atoms with Gasteiger partial charge < -0.3 is 5.32 Å². The molecule has 0 fully saturated rings. The number of nitrogens with one attached hydrogen (secondary N) is 1. The third-order valence-electron chi connectivity index (χ3n) is 2.79. The number of aromatic nitrogens is 2. The quantitative estimate of drug-likeness (QED) is 0.941. The standard InChI is InChI=1S/C14H13BrN4/c1-10-2-3-12(15)6-11(10)4-5-17-14-7-13(8-16)18-9-19-14/h2-3,6-7,9H,4-5H2,1H3,(H,17,18,19). The predicted octanol–water partition coefficient (Wildman–Crippen LogP) is 3.07. The van der Waals surface area contributed by atoms with Crippen LogP contribution >= 0.6 is 15.9 Å². The number of nitriles is 1. The zero-order valence-electron chi connectivity index (χ0n) is 10.5. The average molecular weight is 317 g/mol. The predicted molar refractivity (Wildman–Crippen MR) is 77.8 cm³/mol. The normalized spacial score (nSPS) is 9.95. The van der Waals surface area contributed by atoms with Gasteiger partial charge in [-0.05, 0) is 36.6 Å². The topological polar surface area (TPSA) is 61.6 Å². The molecule has 1 aromatic carbocycles. The van der Waals surface area contributed by atoms with Crippen molar-refractivity contribution in [2.75, 3.05) is 11.9 Å². The van der Waals surface area contributed by atoms with Gasteiger partial charge in [0.05, 0.1) is 0 Å². The summed E-state index contributed by atoms with van der Waals surface area (Å²) >= 11 is 3.47. The fourth-order valence-corrected chi connectivity index (χ4v) is 2.16. The summed E-state index contributed by atoms with van der Waals surface area (Å²) in [5.41, 5.74) is 2.93.